The molecule has 1 atom stereocenters. The molecular weight excluding hydrogens is 276 g/mol. The van der Waals surface area contributed by atoms with Gasteiger partial charge >= 0.3 is 17.2 Å². The third-order valence-corrected chi connectivity index (χ3v) is 3.10. The maximum Gasteiger partial charge on any atom is 0.334 e. The van der Waals surface area contributed by atoms with E-state index < -0.39 is 28.2 Å². The van der Waals surface area contributed by atoms with Crippen LogP contribution in [0.4, 0.5) is 5.69 Å². The van der Waals surface area contributed by atoms with E-state index in [1.54, 1.807) is 30.3 Å². The van der Waals surface area contributed by atoms with Gasteiger partial charge in [-0.1, -0.05) is 30.3 Å². The van der Waals surface area contributed by atoms with E-state index >= 15 is 0 Å². The molecule has 0 aliphatic rings. The largest absolute Gasteiger partial charge is 0.479 e. The lowest BCUT2D eigenvalue weighted by atomic mass is 10.1. The molecule has 0 aliphatic heterocycles. The summed E-state index contributed by atoms with van der Waals surface area (Å²) in [6.45, 7) is 1.53. The molecule has 1 aromatic carbocycles. The minimum atomic E-state index is -1.31. The van der Waals surface area contributed by atoms with Crippen LogP contribution in [0.15, 0.2) is 47.3 Å². The van der Waals surface area contributed by atoms with Crippen molar-refractivity contribution in [2.24, 2.45) is 0 Å². The topological polar surface area (TPSA) is 102 Å². The first-order chi connectivity index (χ1) is 9.93. The molecule has 1 unspecified atom stereocenters. The molecule has 0 spiro atoms. The van der Waals surface area contributed by atoms with Crippen molar-refractivity contribution >= 4 is 11.7 Å². The van der Waals surface area contributed by atoms with Crippen LogP contribution in [0.25, 0.3) is 0 Å². The maximum atomic E-state index is 12.2. The van der Waals surface area contributed by atoms with Crippen LogP contribution in [0, 0.1) is 17.0 Å². The minimum absolute atomic E-state index is 0.335. The van der Waals surface area contributed by atoms with Gasteiger partial charge in [-0.2, -0.15) is 0 Å². The van der Waals surface area contributed by atoms with Crippen molar-refractivity contribution in [3.63, 3.8) is 0 Å². The van der Waals surface area contributed by atoms with Crippen molar-refractivity contribution in [1.29, 1.82) is 0 Å². The molecule has 0 saturated carbocycles. The van der Waals surface area contributed by atoms with Crippen LogP contribution in [0.3, 0.4) is 0 Å². The molecule has 1 aromatic heterocycles. The number of pyridine rings is 1. The number of benzene rings is 1. The number of carbonyl (C=O) groups is 1. The van der Waals surface area contributed by atoms with Gasteiger partial charge in [-0.3, -0.25) is 19.5 Å². The van der Waals surface area contributed by atoms with Crippen LogP contribution in [-0.4, -0.2) is 20.6 Å². The van der Waals surface area contributed by atoms with Crippen LogP contribution in [0.1, 0.15) is 17.3 Å². The average Bonchev–Trinajstić information content (AvgIpc) is 2.43. The van der Waals surface area contributed by atoms with E-state index in [1.165, 1.54) is 13.0 Å². The molecule has 21 heavy (non-hydrogen) atoms. The predicted octanol–water partition coefficient (Wildman–Crippen LogP) is 1.74. The molecule has 2 rings (SSSR count). The van der Waals surface area contributed by atoms with E-state index in [-0.39, 0.29) is 0 Å². The predicted molar refractivity (Wildman–Crippen MR) is 74.3 cm³/mol. The van der Waals surface area contributed by atoms with Crippen molar-refractivity contribution < 1.29 is 14.8 Å². The molecule has 2 aromatic rings. The Hall–Kier alpha value is -2.96. The van der Waals surface area contributed by atoms with Gasteiger partial charge in [-0.15, -0.1) is 0 Å². The summed E-state index contributed by atoms with van der Waals surface area (Å²) >= 11 is 0. The fraction of sp³-hybridized carbons (Fsp3) is 0.143. The lowest BCUT2D eigenvalue weighted by Crippen LogP contribution is -2.33. The molecule has 0 aliphatic carbocycles. The normalized spacial score (nSPS) is 11.9. The summed E-state index contributed by atoms with van der Waals surface area (Å²) in [7, 11) is 0. The van der Waals surface area contributed by atoms with E-state index in [9.17, 15) is 24.8 Å². The first-order valence-corrected chi connectivity index (χ1v) is 6.07. The van der Waals surface area contributed by atoms with Gasteiger partial charge in [0.2, 0.25) is 0 Å². The second-order valence-corrected chi connectivity index (χ2v) is 4.44. The number of nitro groups is 1. The number of rotatable bonds is 4. The molecule has 0 saturated heterocycles. The molecule has 0 radical (unpaired) electrons. The number of aryl methyl sites for hydroxylation is 1. The zero-order valence-electron chi connectivity index (χ0n) is 11.1. The van der Waals surface area contributed by atoms with Crippen LogP contribution < -0.4 is 5.56 Å². The highest BCUT2D eigenvalue weighted by Gasteiger charge is 2.27. The van der Waals surface area contributed by atoms with Gasteiger partial charge in [0.25, 0.3) is 0 Å². The lowest BCUT2D eigenvalue weighted by molar-refractivity contribution is -0.386. The zero-order chi connectivity index (χ0) is 15.6. The number of nitrogens with zero attached hydrogens (tertiary/aromatic N) is 2. The van der Waals surface area contributed by atoms with E-state index in [2.05, 4.69) is 0 Å². The summed E-state index contributed by atoms with van der Waals surface area (Å²) in [5.41, 5.74) is -0.878. The Kier molecular flexibility index (Phi) is 3.84. The summed E-state index contributed by atoms with van der Waals surface area (Å²) in [4.78, 5) is 33.8. The smallest absolute Gasteiger partial charge is 0.334 e. The maximum absolute atomic E-state index is 12.2. The quantitative estimate of drug-likeness (QED) is 0.681. The Morgan fingerprint density at radius 1 is 1.24 bits per heavy atom. The molecule has 0 fully saturated rings. The molecule has 7 nitrogen and oxygen atoms in total. The second kappa shape index (κ2) is 5.58. The number of aliphatic carboxylic acids is 1. The Morgan fingerprint density at radius 2 is 1.86 bits per heavy atom. The van der Waals surface area contributed by atoms with Gasteiger partial charge in [0.05, 0.1) is 4.92 Å². The van der Waals surface area contributed by atoms with E-state index in [4.69, 9.17) is 0 Å². The molecular formula is C14H12N2O5. The van der Waals surface area contributed by atoms with Crippen molar-refractivity contribution in [3.8, 4) is 0 Å². The Bertz CT molecular complexity index is 752. The fourth-order valence-corrected chi connectivity index (χ4v) is 2.13. The summed E-state index contributed by atoms with van der Waals surface area (Å²) in [5, 5.41) is 20.3. The average molecular weight is 288 g/mol. The van der Waals surface area contributed by atoms with Gasteiger partial charge in [-0.05, 0) is 18.6 Å². The fourth-order valence-electron chi connectivity index (χ4n) is 2.13. The van der Waals surface area contributed by atoms with Crippen molar-refractivity contribution in [3.05, 3.63) is 74.2 Å². The molecule has 108 valence electrons. The van der Waals surface area contributed by atoms with Gasteiger partial charge in [0.1, 0.15) is 0 Å². The molecule has 0 bridgehead atoms. The van der Waals surface area contributed by atoms with Gasteiger partial charge < -0.3 is 5.11 Å². The van der Waals surface area contributed by atoms with Gasteiger partial charge in [0, 0.05) is 11.8 Å². The molecule has 1 heterocycles. The zero-order valence-corrected chi connectivity index (χ0v) is 11.1. The number of aromatic nitrogens is 1. The summed E-state index contributed by atoms with van der Waals surface area (Å²) < 4.78 is 0.926. The first kappa shape index (κ1) is 14.4. The van der Waals surface area contributed by atoms with E-state index in [0.717, 1.165) is 10.6 Å². The Morgan fingerprint density at radius 3 is 2.38 bits per heavy atom. The van der Waals surface area contributed by atoms with Gasteiger partial charge in [0.15, 0.2) is 6.04 Å². The minimum Gasteiger partial charge on any atom is -0.479 e. The van der Waals surface area contributed by atoms with Crippen LogP contribution in [0.5, 0.6) is 0 Å². The third kappa shape index (κ3) is 2.66. The van der Waals surface area contributed by atoms with E-state index in [1.807, 2.05) is 0 Å². The number of carboxylic acid groups (broad SMARTS) is 1. The highest BCUT2D eigenvalue weighted by Crippen LogP contribution is 2.20. The number of hydrogen-bond acceptors (Lipinski definition) is 4. The Labute approximate surface area is 119 Å². The van der Waals surface area contributed by atoms with E-state index in [0.29, 0.717) is 11.3 Å². The van der Waals surface area contributed by atoms with Gasteiger partial charge in [-0.25, -0.2) is 4.79 Å². The summed E-state index contributed by atoms with van der Waals surface area (Å²) in [6.07, 6.45) is 0. The third-order valence-electron chi connectivity index (χ3n) is 3.10. The summed E-state index contributed by atoms with van der Waals surface area (Å²) in [6, 6.07) is 9.25. The molecule has 0 amide bonds. The van der Waals surface area contributed by atoms with Crippen molar-refractivity contribution in [2.45, 2.75) is 13.0 Å². The SMILES string of the molecule is Cc1ccc([N+](=O)[O-])c(=O)n1C(C(=O)O)c1ccccc1. The standard InChI is InChI=1S/C14H12N2O5/c1-9-7-8-11(16(20)21)13(17)15(9)12(14(18)19)10-5-3-2-4-6-10/h2-8,12H,1H3,(H,18,19). The van der Waals surface area contributed by atoms with Crippen LogP contribution >= 0.6 is 0 Å². The Balaban J connectivity index is 2.73. The number of carboxylic acids is 1. The number of hydrogen-bond donors (Lipinski definition) is 1. The second-order valence-electron chi connectivity index (χ2n) is 4.44. The monoisotopic (exact) mass is 288 g/mol. The summed E-state index contributed by atoms with van der Waals surface area (Å²) in [5.74, 6) is -1.26. The highest BCUT2D eigenvalue weighted by molar-refractivity contribution is 5.76. The van der Waals surface area contributed by atoms with Crippen LogP contribution in [0.2, 0.25) is 0 Å². The van der Waals surface area contributed by atoms with Crippen molar-refractivity contribution in [1.82, 2.24) is 4.57 Å². The lowest BCUT2D eigenvalue weighted by Gasteiger charge is -2.18. The van der Waals surface area contributed by atoms with Crippen molar-refractivity contribution in [2.75, 3.05) is 0 Å². The molecule has 7 heteroatoms. The first-order valence-electron chi connectivity index (χ1n) is 6.07. The highest BCUT2D eigenvalue weighted by atomic mass is 16.6. The van der Waals surface area contributed by atoms with Crippen LogP contribution in [-0.2, 0) is 4.79 Å². The molecule has 1 N–H and O–H groups in total.